The Bertz CT molecular complexity index is 660. The first-order valence-electron chi connectivity index (χ1n) is 6.69. The molecule has 0 radical (unpaired) electrons. The third-order valence-electron chi connectivity index (χ3n) is 4.02. The minimum atomic E-state index is -1.42. The molecular formula is C18H16O2. The molecule has 0 fully saturated rings. The molecule has 2 atom stereocenters. The van der Waals surface area contributed by atoms with Gasteiger partial charge in [0, 0.05) is 17.9 Å². The number of benzene rings is 2. The highest BCUT2D eigenvalue weighted by Gasteiger charge is 2.48. The quantitative estimate of drug-likeness (QED) is 0.865. The number of hydrogen-bond donors (Lipinski definition) is 1. The number of ketones is 1. The zero-order valence-electron chi connectivity index (χ0n) is 11.1. The summed E-state index contributed by atoms with van der Waals surface area (Å²) in [6.07, 6.45) is 2.01. The first kappa shape index (κ1) is 12.8. The fourth-order valence-corrected chi connectivity index (χ4v) is 3.02. The summed E-state index contributed by atoms with van der Waals surface area (Å²) in [5.74, 6) is -0.606. The lowest BCUT2D eigenvalue weighted by Crippen LogP contribution is -2.41. The molecular weight excluding hydrogens is 248 g/mol. The Morgan fingerprint density at radius 3 is 2.40 bits per heavy atom. The molecule has 20 heavy (non-hydrogen) atoms. The van der Waals surface area contributed by atoms with E-state index in [1.54, 1.807) is 12.1 Å². The summed E-state index contributed by atoms with van der Waals surface area (Å²) in [4.78, 5) is 12.6. The largest absolute Gasteiger partial charge is 0.380 e. The van der Waals surface area contributed by atoms with Gasteiger partial charge < -0.3 is 5.11 Å². The van der Waals surface area contributed by atoms with Gasteiger partial charge in [-0.15, -0.1) is 6.58 Å². The normalized spacial score (nSPS) is 22.4. The van der Waals surface area contributed by atoms with Crippen molar-refractivity contribution in [1.29, 1.82) is 0 Å². The molecule has 2 aromatic rings. The first-order chi connectivity index (χ1) is 9.66. The monoisotopic (exact) mass is 264 g/mol. The molecule has 100 valence electrons. The van der Waals surface area contributed by atoms with Crippen LogP contribution in [0.3, 0.4) is 0 Å². The fourth-order valence-electron chi connectivity index (χ4n) is 3.02. The van der Waals surface area contributed by atoms with Crippen LogP contribution in [0.4, 0.5) is 0 Å². The van der Waals surface area contributed by atoms with Gasteiger partial charge in [0.1, 0.15) is 5.60 Å². The van der Waals surface area contributed by atoms with Gasteiger partial charge >= 0.3 is 0 Å². The number of rotatable bonds is 3. The number of fused-ring (bicyclic) bond motifs is 1. The smallest absolute Gasteiger partial charge is 0.195 e. The number of hydrogen-bond acceptors (Lipinski definition) is 2. The molecule has 0 bridgehead atoms. The van der Waals surface area contributed by atoms with Gasteiger partial charge in [0.25, 0.3) is 0 Å². The van der Waals surface area contributed by atoms with Gasteiger partial charge in [-0.3, -0.25) is 4.79 Å². The zero-order valence-corrected chi connectivity index (χ0v) is 11.1. The topological polar surface area (TPSA) is 37.3 Å². The summed E-state index contributed by atoms with van der Waals surface area (Å²) in [5, 5.41) is 11.0. The van der Waals surface area contributed by atoms with E-state index < -0.39 is 11.5 Å². The molecule has 1 aliphatic rings. The molecule has 0 saturated carbocycles. The second-order valence-corrected chi connectivity index (χ2v) is 5.21. The van der Waals surface area contributed by atoms with Gasteiger partial charge in [-0.1, -0.05) is 60.7 Å². The Hall–Kier alpha value is -2.19. The van der Waals surface area contributed by atoms with Gasteiger partial charge in [-0.05, 0) is 11.1 Å². The average molecular weight is 264 g/mol. The summed E-state index contributed by atoms with van der Waals surface area (Å²) < 4.78 is 0. The van der Waals surface area contributed by atoms with Gasteiger partial charge in [0.05, 0.1) is 0 Å². The molecule has 1 aliphatic carbocycles. The predicted molar refractivity (Wildman–Crippen MR) is 78.8 cm³/mol. The second kappa shape index (κ2) is 4.73. The van der Waals surface area contributed by atoms with Crippen LogP contribution in [-0.4, -0.2) is 16.5 Å². The maximum absolute atomic E-state index is 12.6. The molecule has 0 aromatic heterocycles. The van der Waals surface area contributed by atoms with Gasteiger partial charge in [0.2, 0.25) is 0 Å². The van der Waals surface area contributed by atoms with E-state index >= 15 is 0 Å². The van der Waals surface area contributed by atoms with Crippen molar-refractivity contribution in [2.75, 3.05) is 0 Å². The highest BCUT2D eigenvalue weighted by atomic mass is 16.3. The van der Waals surface area contributed by atoms with Crippen LogP contribution in [0, 0.1) is 0 Å². The van der Waals surface area contributed by atoms with Crippen LogP contribution in [0.2, 0.25) is 0 Å². The van der Waals surface area contributed by atoms with Crippen LogP contribution in [0.5, 0.6) is 0 Å². The minimum absolute atomic E-state index is 0.207. The van der Waals surface area contributed by atoms with E-state index in [2.05, 4.69) is 6.58 Å². The summed E-state index contributed by atoms with van der Waals surface area (Å²) >= 11 is 0. The highest BCUT2D eigenvalue weighted by Crippen LogP contribution is 2.40. The SMILES string of the molecule is C=C[C@@H](c1ccccc1)[C@]1(O)Cc2ccccc2C1=O. The molecule has 0 saturated heterocycles. The maximum atomic E-state index is 12.6. The van der Waals surface area contributed by atoms with E-state index in [0.29, 0.717) is 12.0 Å². The first-order valence-corrected chi connectivity index (χ1v) is 6.69. The number of Topliss-reactive ketones (excluding diaryl/α,β-unsaturated/α-hetero) is 1. The van der Waals surface area contributed by atoms with Gasteiger partial charge in [-0.25, -0.2) is 0 Å². The van der Waals surface area contributed by atoms with E-state index in [4.69, 9.17) is 0 Å². The average Bonchev–Trinajstić information content (AvgIpc) is 2.74. The van der Waals surface area contributed by atoms with Crippen LogP contribution in [0.25, 0.3) is 0 Å². The van der Waals surface area contributed by atoms with Crippen molar-refractivity contribution in [2.24, 2.45) is 0 Å². The molecule has 0 amide bonds. The summed E-state index contributed by atoms with van der Waals surface area (Å²) in [5.41, 5.74) is 1.01. The number of aliphatic hydroxyl groups is 1. The van der Waals surface area contributed by atoms with Crippen molar-refractivity contribution >= 4 is 5.78 Å². The molecule has 1 N–H and O–H groups in total. The van der Waals surface area contributed by atoms with E-state index in [1.165, 1.54) is 0 Å². The van der Waals surface area contributed by atoms with Crippen LogP contribution in [0.15, 0.2) is 67.3 Å². The van der Waals surface area contributed by atoms with E-state index in [-0.39, 0.29) is 5.78 Å². The molecule has 2 heteroatoms. The third-order valence-corrected chi connectivity index (χ3v) is 4.02. The van der Waals surface area contributed by atoms with Crippen molar-refractivity contribution < 1.29 is 9.90 Å². The lowest BCUT2D eigenvalue weighted by atomic mass is 9.79. The second-order valence-electron chi connectivity index (χ2n) is 5.21. The Morgan fingerprint density at radius 2 is 1.75 bits per heavy atom. The summed E-state index contributed by atoms with van der Waals surface area (Å²) in [7, 11) is 0. The zero-order chi connectivity index (χ0) is 14.2. The van der Waals surface area contributed by atoms with Crippen molar-refractivity contribution in [1.82, 2.24) is 0 Å². The Balaban J connectivity index is 2.06. The van der Waals surface area contributed by atoms with Crippen LogP contribution >= 0.6 is 0 Å². The summed E-state index contributed by atoms with van der Waals surface area (Å²) in [6.45, 7) is 3.81. The minimum Gasteiger partial charge on any atom is -0.380 e. The Labute approximate surface area is 118 Å². The van der Waals surface area contributed by atoms with Gasteiger partial charge in [-0.2, -0.15) is 0 Å². The molecule has 2 aromatic carbocycles. The van der Waals surface area contributed by atoms with E-state index in [1.807, 2.05) is 48.5 Å². The third kappa shape index (κ3) is 1.81. The molecule has 0 spiro atoms. The van der Waals surface area contributed by atoms with Gasteiger partial charge in [0.15, 0.2) is 5.78 Å². The summed E-state index contributed by atoms with van der Waals surface area (Å²) in [6, 6.07) is 17.0. The number of carbonyl (C=O) groups excluding carboxylic acids is 1. The molecule has 3 rings (SSSR count). The molecule has 0 unspecified atom stereocenters. The molecule has 2 nitrogen and oxygen atoms in total. The van der Waals surface area contributed by atoms with E-state index in [9.17, 15) is 9.90 Å². The van der Waals surface area contributed by atoms with Crippen LogP contribution in [-0.2, 0) is 6.42 Å². The van der Waals surface area contributed by atoms with Crippen molar-refractivity contribution in [3.63, 3.8) is 0 Å². The molecule has 0 heterocycles. The van der Waals surface area contributed by atoms with Crippen molar-refractivity contribution in [3.05, 3.63) is 83.9 Å². The van der Waals surface area contributed by atoms with Crippen LogP contribution in [0.1, 0.15) is 27.4 Å². The highest BCUT2D eigenvalue weighted by molar-refractivity contribution is 6.07. The van der Waals surface area contributed by atoms with Crippen molar-refractivity contribution in [3.8, 4) is 0 Å². The van der Waals surface area contributed by atoms with E-state index in [0.717, 1.165) is 11.1 Å². The predicted octanol–water partition coefficient (Wildman–Crippen LogP) is 3.13. The Morgan fingerprint density at radius 1 is 1.10 bits per heavy atom. The standard InChI is InChI=1S/C18H16O2/c1-2-16(13-8-4-3-5-9-13)18(20)12-14-10-6-7-11-15(14)17(18)19/h2-11,16,20H,1,12H2/t16-,18+/m0/s1. The lowest BCUT2D eigenvalue weighted by Gasteiger charge is -2.29. The number of carbonyl (C=O) groups is 1. The van der Waals surface area contributed by atoms with Crippen molar-refractivity contribution in [2.45, 2.75) is 17.9 Å². The lowest BCUT2D eigenvalue weighted by molar-refractivity contribution is 0.0300. The molecule has 0 aliphatic heterocycles. The fraction of sp³-hybridized carbons (Fsp3) is 0.167. The maximum Gasteiger partial charge on any atom is 0.195 e. The Kier molecular flexibility index (Phi) is 3.03. The van der Waals surface area contributed by atoms with Crippen LogP contribution < -0.4 is 0 Å².